The van der Waals surface area contributed by atoms with Crippen LogP contribution in [0, 0.1) is 76.5 Å². The van der Waals surface area contributed by atoms with Crippen molar-refractivity contribution in [1.82, 2.24) is 15.0 Å². The van der Waals surface area contributed by atoms with Crippen LogP contribution in [-0.2, 0) is 14.3 Å². The second kappa shape index (κ2) is 23.1. The predicted molar refractivity (Wildman–Crippen MR) is 248 cm³/mol. The number of aromatic carboxylic acids is 1. The molecule has 334 valence electrons. The minimum absolute atomic E-state index is 0.0172. The van der Waals surface area contributed by atoms with Crippen LogP contribution in [0.25, 0.3) is 22.2 Å². The van der Waals surface area contributed by atoms with E-state index in [9.17, 15) is 29.1 Å². The molecule has 4 atom stereocenters. The summed E-state index contributed by atoms with van der Waals surface area (Å²) in [6.45, 7) is 8.91. The van der Waals surface area contributed by atoms with Crippen molar-refractivity contribution in [2.45, 2.75) is 47.5 Å². The maximum absolute atomic E-state index is 11.9. The number of Topliss-reactive ketones (excluding diaryl/α,β-unsaturated/α-hetero) is 2. The molecular weight excluding hydrogens is 837 g/mol. The van der Waals surface area contributed by atoms with Gasteiger partial charge in [-0.1, -0.05) is 68.7 Å². The highest BCUT2D eigenvalue weighted by Gasteiger charge is 2.35. The fraction of sp³-hybridized carbons (Fsp3) is 0.283. The lowest BCUT2D eigenvalue weighted by molar-refractivity contribution is -0.137. The number of benzene rings is 2. The average Bonchev–Trinajstić information content (AvgIpc) is 4.25. The number of fused-ring (bicyclic) bond motifs is 1. The van der Waals surface area contributed by atoms with Crippen molar-refractivity contribution >= 4 is 46.0 Å². The first-order valence-corrected chi connectivity index (χ1v) is 21.0. The summed E-state index contributed by atoms with van der Waals surface area (Å²) in [6.07, 6.45) is 7.71. The number of carbonyl (C=O) groups excluding carboxylic acids is 4. The minimum Gasteiger partial charge on any atom is -0.478 e. The fourth-order valence-corrected chi connectivity index (χ4v) is 5.92. The van der Waals surface area contributed by atoms with Gasteiger partial charge in [0.15, 0.2) is 5.78 Å². The molecule has 0 aliphatic heterocycles. The van der Waals surface area contributed by atoms with Gasteiger partial charge in [0.25, 0.3) is 5.78 Å². The van der Waals surface area contributed by atoms with Crippen molar-refractivity contribution in [3.05, 3.63) is 119 Å². The van der Waals surface area contributed by atoms with Crippen LogP contribution in [0.15, 0.2) is 91.5 Å². The number of aliphatic hydroxyl groups is 2. The summed E-state index contributed by atoms with van der Waals surface area (Å²) >= 11 is 0. The molecule has 66 heavy (non-hydrogen) atoms. The number of anilines is 1. The van der Waals surface area contributed by atoms with Gasteiger partial charge in [-0.25, -0.2) is 14.6 Å². The second-order valence-corrected chi connectivity index (χ2v) is 16.2. The van der Waals surface area contributed by atoms with Gasteiger partial charge in [-0.05, 0) is 105 Å². The number of aliphatic hydroxyl groups excluding tert-OH is 2. The first-order valence-electron chi connectivity index (χ1n) is 21.0. The van der Waals surface area contributed by atoms with Gasteiger partial charge in [-0.2, -0.15) is 0 Å². The average molecular weight is 885 g/mol. The third-order valence-corrected chi connectivity index (χ3v) is 10.1. The van der Waals surface area contributed by atoms with Crippen molar-refractivity contribution in [3.8, 4) is 58.6 Å². The molecule has 0 bridgehead atoms. The highest BCUT2D eigenvalue weighted by Crippen LogP contribution is 2.37. The van der Waals surface area contributed by atoms with E-state index in [1.54, 1.807) is 65.1 Å². The van der Waals surface area contributed by atoms with E-state index in [0.717, 1.165) is 29.5 Å². The van der Waals surface area contributed by atoms with Gasteiger partial charge < -0.3 is 25.4 Å². The number of ketones is 2. The van der Waals surface area contributed by atoms with E-state index in [1.807, 2.05) is 36.4 Å². The van der Waals surface area contributed by atoms with E-state index in [1.165, 1.54) is 24.7 Å². The normalized spacial score (nSPS) is 16.0. The SMILES string of the molecule is CC(=O)c1ccc(C#CC#C[C@@H]2C[C@H]2CO)cc1.CCOC(=O)C(=O)c1cnccc1NC(=O)C(C)(C)C.O=C(O)c1cc(-c2ccc(C#CC#C[C@@H]3C[C@H]3CO)cc2)nc2ccncc12. The van der Waals surface area contributed by atoms with E-state index in [-0.39, 0.29) is 54.2 Å². The van der Waals surface area contributed by atoms with Crippen molar-refractivity contribution in [1.29, 1.82) is 0 Å². The third kappa shape index (κ3) is 14.3. The standard InChI is InChI=1S/C23H16N2O3.C16H14O2.C14H18N2O4/c26-14-18-11-17(18)4-2-1-3-15-5-7-16(8-6-15)22-12-19(23(27)28)20-13-24-10-9-21(20)25-22;1-12(18)14-8-6-13(7-9-14)4-2-3-5-15-10-16(15)11-17;1-5-20-12(18)11(17)9-8-15-7-6-10(9)16-13(19)14(2,3)4/h5-10,12-13,17-18,26H,11,14H2,(H,27,28);6-9,15-17H,10-11H2,1H3;6-8H,5H2,1-4H3,(H,15,16,19)/t17-,18+;15-,16+;/m11./s1. The van der Waals surface area contributed by atoms with E-state index >= 15 is 0 Å². The number of rotatable bonds is 9. The molecule has 13 nitrogen and oxygen atoms in total. The number of nitrogens with one attached hydrogen (secondary N) is 1. The zero-order chi connectivity index (χ0) is 47.8. The topological polar surface area (TPSA) is 206 Å². The van der Waals surface area contributed by atoms with Crippen molar-refractivity contribution in [3.63, 3.8) is 0 Å². The number of carboxylic acid groups (broad SMARTS) is 1. The fourth-order valence-electron chi connectivity index (χ4n) is 5.92. The maximum Gasteiger partial charge on any atom is 0.379 e. The number of carbonyl (C=O) groups is 5. The number of nitrogens with zero attached hydrogens (tertiary/aromatic N) is 3. The summed E-state index contributed by atoms with van der Waals surface area (Å²) in [4.78, 5) is 70.3. The molecule has 2 saturated carbocycles. The van der Waals surface area contributed by atoms with E-state index < -0.39 is 23.1 Å². The Bertz CT molecular complexity index is 2870. The van der Waals surface area contributed by atoms with Gasteiger partial charge in [-0.15, -0.1) is 0 Å². The highest BCUT2D eigenvalue weighted by molar-refractivity contribution is 6.42. The Morgan fingerprint density at radius 1 is 0.758 bits per heavy atom. The number of hydrogen-bond donors (Lipinski definition) is 4. The Kier molecular flexibility index (Phi) is 17.2. The first kappa shape index (κ1) is 49.1. The molecule has 2 fully saturated rings. The molecule has 13 heteroatoms. The van der Waals surface area contributed by atoms with E-state index in [2.05, 4.69) is 72.4 Å². The monoisotopic (exact) mass is 884 g/mol. The Hall–Kier alpha value is -7.94. The molecule has 4 N–H and O–H groups in total. The minimum atomic E-state index is -1.01. The Morgan fingerprint density at radius 3 is 1.83 bits per heavy atom. The molecule has 3 aromatic heterocycles. The summed E-state index contributed by atoms with van der Waals surface area (Å²) < 4.78 is 4.66. The molecular formula is C53H48N4O9. The van der Waals surface area contributed by atoms with Gasteiger partial charge in [0, 0.05) is 82.9 Å². The van der Waals surface area contributed by atoms with E-state index in [4.69, 9.17) is 10.2 Å². The predicted octanol–water partition coefficient (Wildman–Crippen LogP) is 6.66. The molecule has 2 aliphatic carbocycles. The number of pyridine rings is 3. The summed E-state index contributed by atoms with van der Waals surface area (Å²) in [7, 11) is 0. The number of carboxylic acids is 1. The molecule has 5 aromatic rings. The van der Waals surface area contributed by atoms with Crippen LogP contribution in [0.2, 0.25) is 0 Å². The quantitative estimate of drug-likeness (QED) is 0.0531. The Morgan fingerprint density at radius 2 is 1.32 bits per heavy atom. The lowest BCUT2D eigenvalue weighted by atomic mass is 9.95. The molecule has 0 unspecified atom stereocenters. The molecule has 2 aromatic carbocycles. The van der Waals surface area contributed by atoms with Gasteiger partial charge in [0.1, 0.15) is 0 Å². The van der Waals surface area contributed by atoms with Gasteiger partial charge >= 0.3 is 11.9 Å². The third-order valence-electron chi connectivity index (χ3n) is 10.1. The van der Waals surface area contributed by atoms with Gasteiger partial charge in [0.05, 0.1) is 34.6 Å². The Labute approximate surface area is 383 Å². The van der Waals surface area contributed by atoms with Crippen LogP contribution in [0.3, 0.4) is 0 Å². The number of aromatic nitrogens is 3. The smallest absolute Gasteiger partial charge is 0.379 e. The van der Waals surface area contributed by atoms with Crippen molar-refractivity contribution < 1.29 is 44.0 Å². The zero-order valence-electron chi connectivity index (χ0n) is 37.1. The maximum atomic E-state index is 11.9. The summed E-state index contributed by atoms with van der Waals surface area (Å²) in [5.74, 6) is 21.5. The van der Waals surface area contributed by atoms with Crippen LogP contribution in [0.1, 0.15) is 89.7 Å². The second-order valence-electron chi connectivity index (χ2n) is 16.2. The molecule has 7 rings (SSSR count). The van der Waals surface area contributed by atoms with E-state index in [0.29, 0.717) is 39.9 Å². The molecule has 0 saturated heterocycles. The molecule has 2 aliphatic rings. The van der Waals surface area contributed by atoms with Crippen LogP contribution in [-0.4, -0.2) is 79.5 Å². The number of hydrogen-bond acceptors (Lipinski definition) is 11. The lowest BCUT2D eigenvalue weighted by Gasteiger charge is -2.18. The van der Waals surface area contributed by atoms with Gasteiger partial charge in [-0.3, -0.25) is 24.4 Å². The number of amides is 1. The van der Waals surface area contributed by atoms with Crippen LogP contribution in [0.4, 0.5) is 5.69 Å². The lowest BCUT2D eigenvalue weighted by Crippen LogP contribution is -2.29. The largest absolute Gasteiger partial charge is 0.478 e. The van der Waals surface area contributed by atoms with Gasteiger partial charge in [0.2, 0.25) is 5.91 Å². The summed E-state index contributed by atoms with van der Waals surface area (Å²) in [5, 5.41) is 30.5. The van der Waals surface area contributed by atoms with Crippen molar-refractivity contribution in [2.24, 2.45) is 29.1 Å². The Balaban J connectivity index is 0.000000192. The molecule has 1 amide bonds. The molecule has 3 heterocycles. The summed E-state index contributed by atoms with van der Waals surface area (Å²) in [5.41, 5.74) is 4.16. The number of ether oxygens (including phenoxy) is 1. The highest BCUT2D eigenvalue weighted by atomic mass is 16.5. The van der Waals surface area contributed by atoms with Crippen LogP contribution in [0.5, 0.6) is 0 Å². The molecule has 0 radical (unpaired) electrons. The summed E-state index contributed by atoms with van der Waals surface area (Å²) in [6, 6.07) is 19.3. The van der Waals surface area contributed by atoms with Crippen LogP contribution >= 0.6 is 0 Å². The number of esters is 1. The van der Waals surface area contributed by atoms with Crippen LogP contribution < -0.4 is 5.32 Å². The first-order chi connectivity index (χ1) is 31.6. The molecule has 0 spiro atoms. The van der Waals surface area contributed by atoms with Crippen molar-refractivity contribution in [2.75, 3.05) is 25.1 Å². The zero-order valence-corrected chi connectivity index (χ0v) is 37.1.